The summed E-state index contributed by atoms with van der Waals surface area (Å²) in [5.41, 5.74) is 0. The lowest BCUT2D eigenvalue weighted by atomic mass is 10.3. The maximum absolute atomic E-state index is 11.2. The van der Waals surface area contributed by atoms with E-state index in [0.717, 1.165) is 0 Å². The molecule has 0 aliphatic heterocycles. The van der Waals surface area contributed by atoms with Gasteiger partial charge in [0.05, 0.1) is 25.9 Å². The van der Waals surface area contributed by atoms with Gasteiger partial charge in [0.25, 0.3) is 0 Å². The zero-order chi connectivity index (χ0) is 11.7. The molecule has 0 rings (SSSR count). The number of aliphatic hydroxyl groups is 2. The highest BCUT2D eigenvalue weighted by Gasteiger charge is 2.10. The minimum Gasteiger partial charge on any atom is -0.395 e. The summed E-state index contributed by atoms with van der Waals surface area (Å²) in [5, 5.41) is 20.4. The average molecular weight is 220 g/mol. The lowest BCUT2D eigenvalue weighted by molar-refractivity contribution is -0.122. The van der Waals surface area contributed by atoms with Crippen LogP contribution >= 0.6 is 0 Å². The van der Waals surface area contributed by atoms with Crippen LogP contribution in [0.4, 0.5) is 0 Å². The summed E-state index contributed by atoms with van der Waals surface area (Å²) in [5.74, 6) is -0.170. The van der Waals surface area contributed by atoms with Crippen molar-refractivity contribution in [3.63, 3.8) is 0 Å². The maximum atomic E-state index is 11.2. The summed E-state index contributed by atoms with van der Waals surface area (Å²) < 4.78 is 4.76. The van der Waals surface area contributed by atoms with Gasteiger partial charge >= 0.3 is 0 Å². The molecule has 0 bridgehead atoms. The maximum Gasteiger partial charge on any atom is 0.234 e. The van der Waals surface area contributed by atoms with Gasteiger partial charge in [-0.2, -0.15) is 0 Å². The van der Waals surface area contributed by atoms with E-state index in [1.807, 2.05) is 0 Å². The van der Waals surface area contributed by atoms with Gasteiger partial charge in [0, 0.05) is 20.2 Å². The quantitative estimate of drug-likeness (QED) is 0.442. The van der Waals surface area contributed by atoms with E-state index in [0.29, 0.717) is 6.54 Å². The Morgan fingerprint density at radius 3 is 2.80 bits per heavy atom. The Balaban J connectivity index is 3.62. The van der Waals surface area contributed by atoms with Gasteiger partial charge in [-0.3, -0.25) is 9.69 Å². The van der Waals surface area contributed by atoms with E-state index in [1.54, 1.807) is 11.9 Å². The van der Waals surface area contributed by atoms with E-state index in [4.69, 9.17) is 9.84 Å². The standard InChI is InChI=1S/C9H20N2O4/c1-11(5-8(13)7-15-2)6-9(14)10-3-4-12/h8,12-13H,3-7H2,1-2H3,(H,10,14). The van der Waals surface area contributed by atoms with Crippen LogP contribution in [0, 0.1) is 0 Å². The Bertz CT molecular complexity index is 177. The Morgan fingerprint density at radius 2 is 2.27 bits per heavy atom. The number of amides is 1. The fourth-order valence-electron chi connectivity index (χ4n) is 1.17. The zero-order valence-corrected chi connectivity index (χ0v) is 9.27. The molecule has 0 spiro atoms. The van der Waals surface area contributed by atoms with Crippen LogP contribution in [-0.2, 0) is 9.53 Å². The number of rotatable bonds is 8. The number of ether oxygens (including phenoxy) is 1. The van der Waals surface area contributed by atoms with Crippen LogP contribution < -0.4 is 5.32 Å². The molecule has 0 saturated carbocycles. The van der Waals surface area contributed by atoms with Crippen molar-refractivity contribution in [2.24, 2.45) is 0 Å². The number of likely N-dealkylation sites (N-methyl/N-ethyl adjacent to an activating group) is 1. The molecule has 1 unspecified atom stereocenters. The van der Waals surface area contributed by atoms with Gasteiger partial charge in [0.1, 0.15) is 0 Å². The first-order chi connectivity index (χ1) is 7.10. The third kappa shape index (κ3) is 8.31. The molecule has 1 atom stereocenters. The minimum atomic E-state index is -0.592. The molecule has 0 fully saturated rings. The van der Waals surface area contributed by atoms with E-state index in [2.05, 4.69) is 5.32 Å². The fraction of sp³-hybridized carbons (Fsp3) is 0.889. The second kappa shape index (κ2) is 8.60. The molecule has 0 aromatic rings. The minimum absolute atomic E-state index is 0.0677. The Labute approximate surface area is 89.8 Å². The predicted octanol–water partition coefficient (Wildman–Crippen LogP) is -1.97. The first-order valence-electron chi connectivity index (χ1n) is 4.83. The highest BCUT2D eigenvalue weighted by molar-refractivity contribution is 5.77. The molecule has 0 radical (unpaired) electrons. The largest absolute Gasteiger partial charge is 0.395 e. The molecule has 0 aromatic carbocycles. The summed E-state index contributed by atoms with van der Waals surface area (Å²) in [7, 11) is 3.24. The van der Waals surface area contributed by atoms with Crippen LogP contribution in [0.2, 0.25) is 0 Å². The van der Waals surface area contributed by atoms with Crippen molar-refractivity contribution in [2.45, 2.75) is 6.10 Å². The molecular formula is C9H20N2O4. The summed E-state index contributed by atoms with van der Waals surface area (Å²) >= 11 is 0. The third-order valence-electron chi connectivity index (χ3n) is 1.73. The van der Waals surface area contributed by atoms with Gasteiger partial charge in [0.2, 0.25) is 5.91 Å². The summed E-state index contributed by atoms with van der Waals surface area (Å²) in [6, 6.07) is 0. The lowest BCUT2D eigenvalue weighted by Crippen LogP contribution is -2.40. The zero-order valence-electron chi connectivity index (χ0n) is 9.27. The van der Waals surface area contributed by atoms with Crippen molar-refractivity contribution in [2.75, 3.05) is 47.0 Å². The molecule has 0 aromatic heterocycles. The Kier molecular flexibility index (Phi) is 8.21. The highest BCUT2D eigenvalue weighted by atomic mass is 16.5. The molecule has 0 saturated heterocycles. The first kappa shape index (κ1) is 14.3. The molecule has 15 heavy (non-hydrogen) atoms. The number of methoxy groups -OCH3 is 1. The Morgan fingerprint density at radius 1 is 1.60 bits per heavy atom. The van der Waals surface area contributed by atoms with Crippen LogP contribution in [0.1, 0.15) is 0 Å². The van der Waals surface area contributed by atoms with Gasteiger partial charge in [-0.15, -0.1) is 0 Å². The van der Waals surface area contributed by atoms with Crippen molar-refractivity contribution in [3.8, 4) is 0 Å². The third-order valence-corrected chi connectivity index (χ3v) is 1.73. The average Bonchev–Trinajstić information content (AvgIpc) is 2.14. The second-order valence-corrected chi connectivity index (χ2v) is 3.38. The molecule has 0 aliphatic rings. The number of carbonyl (C=O) groups is 1. The van der Waals surface area contributed by atoms with Gasteiger partial charge < -0.3 is 20.3 Å². The monoisotopic (exact) mass is 220 g/mol. The number of aliphatic hydroxyl groups excluding tert-OH is 2. The molecular weight excluding hydrogens is 200 g/mol. The van der Waals surface area contributed by atoms with Crippen LogP contribution in [0.15, 0.2) is 0 Å². The van der Waals surface area contributed by atoms with Crippen LogP contribution in [0.5, 0.6) is 0 Å². The number of nitrogens with one attached hydrogen (secondary N) is 1. The van der Waals surface area contributed by atoms with Crippen molar-refractivity contribution >= 4 is 5.91 Å². The van der Waals surface area contributed by atoms with Gasteiger partial charge in [0.15, 0.2) is 0 Å². The highest BCUT2D eigenvalue weighted by Crippen LogP contribution is 1.89. The second-order valence-electron chi connectivity index (χ2n) is 3.38. The van der Waals surface area contributed by atoms with Crippen molar-refractivity contribution in [3.05, 3.63) is 0 Å². The van der Waals surface area contributed by atoms with Crippen LogP contribution in [0.3, 0.4) is 0 Å². The predicted molar refractivity (Wildman–Crippen MR) is 55.5 cm³/mol. The van der Waals surface area contributed by atoms with Gasteiger partial charge in [-0.25, -0.2) is 0 Å². The first-order valence-corrected chi connectivity index (χ1v) is 4.83. The molecule has 1 amide bonds. The summed E-state index contributed by atoms with van der Waals surface area (Å²) in [6.07, 6.45) is -0.592. The topological polar surface area (TPSA) is 82.0 Å². The van der Waals surface area contributed by atoms with E-state index in [-0.39, 0.29) is 32.2 Å². The number of hydrogen-bond acceptors (Lipinski definition) is 5. The van der Waals surface area contributed by atoms with Crippen molar-refractivity contribution < 1.29 is 19.7 Å². The van der Waals surface area contributed by atoms with Crippen molar-refractivity contribution in [1.82, 2.24) is 10.2 Å². The number of carbonyl (C=O) groups excluding carboxylic acids is 1. The SMILES string of the molecule is COCC(O)CN(C)CC(=O)NCCO. The van der Waals surface area contributed by atoms with Crippen molar-refractivity contribution in [1.29, 1.82) is 0 Å². The van der Waals surface area contributed by atoms with Crippen LogP contribution in [-0.4, -0.2) is 74.1 Å². The van der Waals surface area contributed by atoms with E-state index in [1.165, 1.54) is 7.11 Å². The number of nitrogens with zero attached hydrogens (tertiary/aromatic N) is 1. The molecule has 0 aliphatic carbocycles. The fourth-order valence-corrected chi connectivity index (χ4v) is 1.17. The van der Waals surface area contributed by atoms with Crippen LogP contribution in [0.25, 0.3) is 0 Å². The molecule has 6 nitrogen and oxygen atoms in total. The van der Waals surface area contributed by atoms with E-state index < -0.39 is 6.10 Å². The summed E-state index contributed by atoms with van der Waals surface area (Å²) in [4.78, 5) is 12.9. The molecule has 0 heterocycles. The molecule has 90 valence electrons. The van der Waals surface area contributed by atoms with E-state index >= 15 is 0 Å². The molecule has 3 N–H and O–H groups in total. The lowest BCUT2D eigenvalue weighted by Gasteiger charge is -2.19. The summed E-state index contributed by atoms with van der Waals surface area (Å²) in [6.45, 7) is 1.01. The van der Waals surface area contributed by atoms with Gasteiger partial charge in [-0.1, -0.05) is 0 Å². The van der Waals surface area contributed by atoms with E-state index in [9.17, 15) is 9.90 Å². The number of hydrogen-bond donors (Lipinski definition) is 3. The normalized spacial score (nSPS) is 12.9. The van der Waals surface area contributed by atoms with Gasteiger partial charge in [-0.05, 0) is 7.05 Å². The Hall–Kier alpha value is -0.690. The molecule has 6 heteroatoms. The smallest absolute Gasteiger partial charge is 0.234 e.